The minimum atomic E-state index is 0.314. The summed E-state index contributed by atoms with van der Waals surface area (Å²) in [6, 6.07) is 9.52. The van der Waals surface area contributed by atoms with E-state index >= 15 is 0 Å². The molecule has 1 aromatic carbocycles. The summed E-state index contributed by atoms with van der Waals surface area (Å²) in [5.41, 5.74) is 0. The molecule has 16 heavy (non-hydrogen) atoms. The van der Waals surface area contributed by atoms with Crippen LogP contribution in [-0.2, 0) is 6.61 Å². The second kappa shape index (κ2) is 4.89. The van der Waals surface area contributed by atoms with Crippen LogP contribution in [0.15, 0.2) is 35.5 Å². The van der Waals surface area contributed by atoms with Crippen molar-refractivity contribution in [1.29, 1.82) is 0 Å². The number of thioether (sulfide) groups is 1. The maximum atomic E-state index is 5.77. The van der Waals surface area contributed by atoms with E-state index in [-0.39, 0.29) is 0 Å². The minimum Gasteiger partial charge on any atom is -0.486 e. The van der Waals surface area contributed by atoms with E-state index in [4.69, 9.17) is 10.6 Å². The van der Waals surface area contributed by atoms with E-state index in [1.165, 1.54) is 16.4 Å². The van der Waals surface area contributed by atoms with E-state index in [2.05, 4.69) is 10.2 Å². The van der Waals surface area contributed by atoms with Crippen molar-refractivity contribution >= 4 is 11.8 Å². The molecule has 0 unspecified atom stereocenters. The summed E-state index contributed by atoms with van der Waals surface area (Å²) >= 11 is 1.45. The van der Waals surface area contributed by atoms with E-state index in [0.29, 0.717) is 17.6 Å². The van der Waals surface area contributed by atoms with Crippen LogP contribution < -0.4 is 10.6 Å². The van der Waals surface area contributed by atoms with Crippen molar-refractivity contribution in [2.45, 2.75) is 11.8 Å². The Labute approximate surface area is 97.6 Å². The van der Waals surface area contributed by atoms with Gasteiger partial charge in [-0.05, 0) is 18.4 Å². The number of hydrogen-bond donors (Lipinski definition) is 1. The lowest BCUT2D eigenvalue weighted by atomic mass is 10.3. The van der Waals surface area contributed by atoms with Crippen LogP contribution >= 0.6 is 11.8 Å². The fraction of sp³-hybridized carbons (Fsp3) is 0.200. The van der Waals surface area contributed by atoms with Gasteiger partial charge in [0.05, 0.1) is 0 Å². The fourth-order valence-electron chi connectivity index (χ4n) is 1.21. The highest BCUT2D eigenvalue weighted by Crippen LogP contribution is 2.13. The van der Waals surface area contributed by atoms with Gasteiger partial charge in [-0.25, -0.2) is 4.68 Å². The number of ether oxygens (including phenoxy) is 1. The van der Waals surface area contributed by atoms with Gasteiger partial charge in [0, 0.05) is 0 Å². The summed E-state index contributed by atoms with van der Waals surface area (Å²) in [7, 11) is 0. The van der Waals surface area contributed by atoms with Crippen molar-refractivity contribution in [3.8, 4) is 5.75 Å². The van der Waals surface area contributed by atoms with Crippen molar-refractivity contribution in [1.82, 2.24) is 14.9 Å². The Morgan fingerprint density at radius 1 is 1.31 bits per heavy atom. The van der Waals surface area contributed by atoms with Crippen molar-refractivity contribution in [3.63, 3.8) is 0 Å². The van der Waals surface area contributed by atoms with Gasteiger partial charge in [-0.3, -0.25) is 0 Å². The lowest BCUT2D eigenvalue weighted by molar-refractivity contribution is 0.291. The van der Waals surface area contributed by atoms with Crippen molar-refractivity contribution in [2.24, 2.45) is 0 Å². The summed E-state index contributed by atoms with van der Waals surface area (Å²) in [5, 5.41) is 8.53. The molecule has 84 valence electrons. The molecule has 0 radical (unpaired) electrons. The first-order valence-electron chi connectivity index (χ1n) is 4.72. The van der Waals surface area contributed by atoms with Crippen LogP contribution in [0, 0.1) is 0 Å². The van der Waals surface area contributed by atoms with Crippen LogP contribution in [0.3, 0.4) is 0 Å². The topological polar surface area (TPSA) is 66.0 Å². The van der Waals surface area contributed by atoms with Gasteiger partial charge >= 0.3 is 0 Å². The van der Waals surface area contributed by atoms with Crippen LogP contribution in [0.2, 0.25) is 0 Å². The second-order valence-electron chi connectivity index (χ2n) is 3.07. The molecule has 0 spiro atoms. The predicted octanol–water partition coefficient (Wildman–Crippen LogP) is 1.29. The molecule has 0 fully saturated rings. The Morgan fingerprint density at radius 2 is 2.06 bits per heavy atom. The molecule has 2 aromatic rings. The van der Waals surface area contributed by atoms with E-state index in [1.807, 2.05) is 36.6 Å². The van der Waals surface area contributed by atoms with Gasteiger partial charge in [-0.1, -0.05) is 30.0 Å². The second-order valence-corrected chi connectivity index (χ2v) is 3.85. The third-order valence-electron chi connectivity index (χ3n) is 2.03. The van der Waals surface area contributed by atoms with Crippen molar-refractivity contribution in [3.05, 3.63) is 36.2 Å². The zero-order valence-corrected chi connectivity index (χ0v) is 9.65. The Bertz CT molecular complexity index is 457. The summed E-state index contributed by atoms with van der Waals surface area (Å²) in [4.78, 5) is 0. The van der Waals surface area contributed by atoms with E-state index in [9.17, 15) is 0 Å². The molecule has 1 heterocycles. The normalized spacial score (nSPS) is 10.3. The molecule has 5 nitrogen and oxygen atoms in total. The zero-order valence-electron chi connectivity index (χ0n) is 8.83. The molecular formula is C10H12N4OS. The number of benzene rings is 1. The maximum Gasteiger partial charge on any atom is 0.209 e. The lowest BCUT2D eigenvalue weighted by Gasteiger charge is -2.05. The number of nitrogens with two attached hydrogens (primary N) is 1. The van der Waals surface area contributed by atoms with Gasteiger partial charge < -0.3 is 10.6 Å². The number of aromatic nitrogens is 3. The van der Waals surface area contributed by atoms with E-state index in [0.717, 1.165) is 5.75 Å². The average Bonchev–Trinajstić information content (AvgIpc) is 2.69. The summed E-state index contributed by atoms with van der Waals surface area (Å²) in [5.74, 6) is 7.16. The van der Waals surface area contributed by atoms with Crippen LogP contribution in [0.1, 0.15) is 5.82 Å². The summed E-state index contributed by atoms with van der Waals surface area (Å²) in [6.45, 7) is 0.314. The molecule has 0 atom stereocenters. The highest BCUT2D eigenvalue weighted by molar-refractivity contribution is 7.98. The molecule has 0 bridgehead atoms. The minimum absolute atomic E-state index is 0.314. The van der Waals surface area contributed by atoms with Crippen molar-refractivity contribution in [2.75, 3.05) is 12.1 Å². The Balaban J connectivity index is 2.02. The number of para-hydroxylation sites is 1. The zero-order chi connectivity index (χ0) is 11.4. The molecule has 0 saturated heterocycles. The van der Waals surface area contributed by atoms with Gasteiger partial charge in [-0.2, -0.15) is 0 Å². The highest BCUT2D eigenvalue weighted by atomic mass is 32.2. The monoisotopic (exact) mass is 236 g/mol. The molecule has 0 saturated carbocycles. The number of nitrogens with zero attached hydrogens (tertiary/aromatic N) is 3. The number of rotatable bonds is 4. The Kier molecular flexibility index (Phi) is 3.31. The molecule has 2 N–H and O–H groups in total. The Hall–Kier alpha value is -1.69. The van der Waals surface area contributed by atoms with Gasteiger partial charge in [0.2, 0.25) is 5.16 Å². The van der Waals surface area contributed by atoms with Crippen LogP contribution in [-0.4, -0.2) is 21.1 Å². The van der Waals surface area contributed by atoms with Crippen molar-refractivity contribution < 1.29 is 4.74 Å². The van der Waals surface area contributed by atoms with Gasteiger partial charge in [0.15, 0.2) is 5.82 Å². The first-order valence-corrected chi connectivity index (χ1v) is 5.95. The average molecular weight is 236 g/mol. The van der Waals surface area contributed by atoms with E-state index < -0.39 is 0 Å². The Morgan fingerprint density at radius 3 is 2.69 bits per heavy atom. The smallest absolute Gasteiger partial charge is 0.209 e. The van der Waals surface area contributed by atoms with Crippen LogP contribution in [0.5, 0.6) is 5.75 Å². The summed E-state index contributed by atoms with van der Waals surface area (Å²) in [6.07, 6.45) is 1.90. The summed E-state index contributed by atoms with van der Waals surface area (Å²) < 4.78 is 6.96. The predicted molar refractivity (Wildman–Crippen MR) is 62.7 cm³/mol. The first kappa shape index (κ1) is 10.8. The SMILES string of the molecule is CSc1nnc(COc2ccccc2)n1N. The van der Waals surface area contributed by atoms with Crippen LogP contribution in [0.4, 0.5) is 0 Å². The molecule has 0 amide bonds. The molecule has 6 heteroatoms. The first-order chi connectivity index (χ1) is 7.81. The third kappa shape index (κ3) is 2.27. The molecule has 2 rings (SSSR count). The standard InChI is InChI=1S/C10H12N4OS/c1-16-10-13-12-9(14(10)11)7-15-8-5-3-2-4-6-8/h2-6H,7,11H2,1H3. The highest BCUT2D eigenvalue weighted by Gasteiger charge is 2.08. The number of hydrogen-bond acceptors (Lipinski definition) is 5. The third-order valence-corrected chi connectivity index (χ3v) is 2.67. The van der Waals surface area contributed by atoms with Crippen LogP contribution in [0.25, 0.3) is 0 Å². The molecule has 0 aliphatic heterocycles. The molecule has 1 aromatic heterocycles. The molecule has 0 aliphatic rings. The van der Waals surface area contributed by atoms with E-state index in [1.54, 1.807) is 0 Å². The largest absolute Gasteiger partial charge is 0.486 e. The van der Waals surface area contributed by atoms with Gasteiger partial charge in [-0.15, -0.1) is 10.2 Å². The van der Waals surface area contributed by atoms with Gasteiger partial charge in [0.1, 0.15) is 12.4 Å². The molecular weight excluding hydrogens is 224 g/mol. The fourth-order valence-corrected chi connectivity index (χ4v) is 1.63. The lowest BCUT2D eigenvalue weighted by Crippen LogP contribution is -2.15. The molecule has 0 aliphatic carbocycles. The quantitative estimate of drug-likeness (QED) is 0.640. The number of nitrogen functional groups attached to an aromatic ring is 1. The maximum absolute atomic E-state index is 5.77. The van der Waals surface area contributed by atoms with Gasteiger partial charge in [0.25, 0.3) is 0 Å².